The van der Waals surface area contributed by atoms with E-state index >= 15 is 0 Å². The van der Waals surface area contributed by atoms with Crippen LogP contribution in [0.2, 0.25) is 0 Å². The van der Waals surface area contributed by atoms with Gasteiger partial charge in [-0.25, -0.2) is 4.98 Å². The van der Waals surface area contributed by atoms with Crippen LogP contribution in [0.15, 0.2) is 42.6 Å². The number of rotatable bonds is 2. The predicted molar refractivity (Wildman–Crippen MR) is 78.9 cm³/mol. The number of benzene rings is 1. The molecule has 0 spiro atoms. The first-order valence-electron chi connectivity index (χ1n) is 6.53. The number of pyridine rings is 1. The highest BCUT2D eigenvalue weighted by atomic mass is 16.2. The molecular formula is C15H16N4O. The monoisotopic (exact) mass is 268 g/mol. The molecule has 0 bridgehead atoms. The summed E-state index contributed by atoms with van der Waals surface area (Å²) in [7, 11) is 0. The van der Waals surface area contributed by atoms with E-state index in [1.165, 1.54) is 0 Å². The standard InChI is InChI=1S/C15H16N4O/c1-10(16)11-5-4-8-17-15(11)19-9-14(20)18-12-6-2-3-7-13(12)19/h2-8,10H,9,16H2,1H3,(H,18,20). The van der Waals surface area contributed by atoms with Crippen LogP contribution in [0.1, 0.15) is 18.5 Å². The molecule has 5 nitrogen and oxygen atoms in total. The van der Waals surface area contributed by atoms with Gasteiger partial charge in [-0.3, -0.25) is 4.79 Å². The molecule has 3 N–H and O–H groups in total. The lowest BCUT2D eigenvalue weighted by Gasteiger charge is -2.31. The van der Waals surface area contributed by atoms with Gasteiger partial charge < -0.3 is 16.0 Å². The Labute approximate surface area is 117 Å². The summed E-state index contributed by atoms with van der Waals surface area (Å²) in [5, 5.41) is 2.87. The number of nitrogens with two attached hydrogens (primary N) is 1. The van der Waals surface area contributed by atoms with Gasteiger partial charge in [-0.2, -0.15) is 0 Å². The lowest BCUT2D eigenvalue weighted by atomic mass is 10.1. The lowest BCUT2D eigenvalue weighted by Crippen LogP contribution is -2.36. The minimum Gasteiger partial charge on any atom is -0.324 e. The van der Waals surface area contributed by atoms with Crippen molar-refractivity contribution < 1.29 is 4.79 Å². The number of nitrogens with zero attached hydrogens (tertiary/aromatic N) is 2. The molecule has 0 aliphatic carbocycles. The zero-order valence-electron chi connectivity index (χ0n) is 11.2. The van der Waals surface area contributed by atoms with Gasteiger partial charge in [-0.05, 0) is 25.1 Å². The van der Waals surface area contributed by atoms with Gasteiger partial charge in [0.2, 0.25) is 5.91 Å². The van der Waals surface area contributed by atoms with Crippen LogP contribution < -0.4 is 16.0 Å². The summed E-state index contributed by atoms with van der Waals surface area (Å²) < 4.78 is 0. The van der Waals surface area contributed by atoms with Crippen LogP contribution in [0, 0.1) is 0 Å². The number of aromatic nitrogens is 1. The Bertz CT molecular complexity index is 654. The van der Waals surface area contributed by atoms with E-state index in [0.29, 0.717) is 0 Å². The second-order valence-corrected chi connectivity index (χ2v) is 4.86. The first-order valence-corrected chi connectivity index (χ1v) is 6.53. The largest absolute Gasteiger partial charge is 0.324 e. The molecule has 0 saturated carbocycles. The molecule has 1 aliphatic heterocycles. The molecule has 1 amide bonds. The van der Waals surface area contributed by atoms with Crippen molar-refractivity contribution in [3.05, 3.63) is 48.2 Å². The fourth-order valence-electron chi connectivity index (χ4n) is 2.41. The minimum absolute atomic E-state index is 0.0509. The molecule has 0 fully saturated rings. The molecule has 1 atom stereocenters. The van der Waals surface area contributed by atoms with Crippen molar-refractivity contribution in [1.29, 1.82) is 0 Å². The fraction of sp³-hybridized carbons (Fsp3) is 0.200. The number of fused-ring (bicyclic) bond motifs is 1. The Kier molecular flexibility index (Phi) is 3.12. The third-order valence-corrected chi connectivity index (χ3v) is 3.33. The number of hydrogen-bond donors (Lipinski definition) is 2. The van der Waals surface area contributed by atoms with Gasteiger partial charge in [0.05, 0.1) is 11.4 Å². The Balaban J connectivity index is 2.13. The molecule has 5 heteroatoms. The number of amides is 1. The van der Waals surface area contributed by atoms with Gasteiger partial charge in [-0.15, -0.1) is 0 Å². The Morgan fingerprint density at radius 3 is 2.90 bits per heavy atom. The first-order chi connectivity index (χ1) is 9.66. The number of hydrogen-bond acceptors (Lipinski definition) is 4. The molecule has 1 unspecified atom stereocenters. The molecule has 20 heavy (non-hydrogen) atoms. The van der Waals surface area contributed by atoms with Gasteiger partial charge in [0.15, 0.2) is 0 Å². The predicted octanol–water partition coefficient (Wildman–Crippen LogP) is 2.19. The highest BCUT2D eigenvalue weighted by Crippen LogP contribution is 2.36. The van der Waals surface area contributed by atoms with Crippen molar-refractivity contribution in [3.63, 3.8) is 0 Å². The van der Waals surface area contributed by atoms with Crippen molar-refractivity contribution in [2.75, 3.05) is 16.8 Å². The SMILES string of the molecule is CC(N)c1cccnc1N1CC(=O)Nc2ccccc21. The Morgan fingerprint density at radius 1 is 1.30 bits per heavy atom. The summed E-state index contributed by atoms with van der Waals surface area (Å²) in [5.74, 6) is 0.690. The molecular weight excluding hydrogens is 252 g/mol. The highest BCUT2D eigenvalue weighted by molar-refractivity contribution is 6.03. The van der Waals surface area contributed by atoms with Gasteiger partial charge in [0, 0.05) is 17.8 Å². The van der Waals surface area contributed by atoms with Gasteiger partial charge in [0.1, 0.15) is 12.4 Å². The molecule has 1 aromatic carbocycles. The molecule has 2 aromatic rings. The topological polar surface area (TPSA) is 71.2 Å². The second-order valence-electron chi connectivity index (χ2n) is 4.86. The molecule has 102 valence electrons. The van der Waals surface area contributed by atoms with Crippen molar-refractivity contribution in [2.45, 2.75) is 13.0 Å². The third-order valence-electron chi connectivity index (χ3n) is 3.33. The molecule has 0 saturated heterocycles. The number of carbonyl (C=O) groups is 1. The number of carbonyl (C=O) groups excluding carboxylic acids is 1. The van der Waals surface area contributed by atoms with E-state index in [4.69, 9.17) is 5.73 Å². The molecule has 3 rings (SSSR count). The van der Waals surface area contributed by atoms with E-state index in [1.807, 2.05) is 48.2 Å². The fourth-order valence-corrected chi connectivity index (χ4v) is 2.41. The van der Waals surface area contributed by atoms with E-state index in [0.717, 1.165) is 22.8 Å². The summed E-state index contributed by atoms with van der Waals surface area (Å²) >= 11 is 0. The highest BCUT2D eigenvalue weighted by Gasteiger charge is 2.25. The minimum atomic E-state index is -0.143. The smallest absolute Gasteiger partial charge is 0.244 e. The summed E-state index contributed by atoms with van der Waals surface area (Å²) in [5.41, 5.74) is 8.67. The summed E-state index contributed by atoms with van der Waals surface area (Å²) in [6, 6.07) is 11.4. The van der Waals surface area contributed by atoms with Gasteiger partial charge in [-0.1, -0.05) is 18.2 Å². The van der Waals surface area contributed by atoms with Gasteiger partial charge >= 0.3 is 0 Å². The number of nitrogens with one attached hydrogen (secondary N) is 1. The van der Waals surface area contributed by atoms with Crippen molar-refractivity contribution in [1.82, 2.24) is 4.98 Å². The average Bonchev–Trinajstić information content (AvgIpc) is 2.46. The van der Waals surface area contributed by atoms with Crippen molar-refractivity contribution in [2.24, 2.45) is 5.73 Å². The number of para-hydroxylation sites is 2. The summed E-state index contributed by atoms with van der Waals surface area (Å²) in [4.78, 5) is 18.2. The summed E-state index contributed by atoms with van der Waals surface area (Å²) in [6.07, 6.45) is 1.72. The van der Waals surface area contributed by atoms with Crippen LogP contribution >= 0.6 is 0 Å². The molecule has 1 aromatic heterocycles. The second kappa shape index (κ2) is 4.94. The summed E-state index contributed by atoms with van der Waals surface area (Å²) in [6.45, 7) is 2.16. The van der Waals surface area contributed by atoms with E-state index in [1.54, 1.807) is 6.20 Å². The number of anilines is 3. The van der Waals surface area contributed by atoms with E-state index in [-0.39, 0.29) is 18.5 Å². The Morgan fingerprint density at radius 2 is 2.10 bits per heavy atom. The van der Waals surface area contributed by atoms with Gasteiger partial charge in [0.25, 0.3) is 0 Å². The maximum atomic E-state index is 11.9. The van der Waals surface area contributed by atoms with E-state index in [2.05, 4.69) is 10.3 Å². The normalized spacial score (nSPS) is 15.5. The Hall–Kier alpha value is -2.40. The van der Waals surface area contributed by atoms with Crippen LogP contribution in [0.4, 0.5) is 17.2 Å². The quantitative estimate of drug-likeness (QED) is 0.875. The van der Waals surface area contributed by atoms with Crippen molar-refractivity contribution >= 4 is 23.1 Å². The van der Waals surface area contributed by atoms with Crippen LogP contribution in [0.25, 0.3) is 0 Å². The molecule has 2 heterocycles. The first kappa shape index (κ1) is 12.6. The van der Waals surface area contributed by atoms with Crippen LogP contribution in [0.3, 0.4) is 0 Å². The average molecular weight is 268 g/mol. The van der Waals surface area contributed by atoms with Crippen LogP contribution in [-0.4, -0.2) is 17.4 Å². The van der Waals surface area contributed by atoms with E-state index in [9.17, 15) is 4.79 Å². The van der Waals surface area contributed by atoms with Crippen molar-refractivity contribution in [3.8, 4) is 0 Å². The molecule has 1 aliphatic rings. The van der Waals surface area contributed by atoms with E-state index < -0.39 is 0 Å². The van der Waals surface area contributed by atoms with Crippen LogP contribution in [0.5, 0.6) is 0 Å². The maximum Gasteiger partial charge on any atom is 0.244 e. The maximum absolute atomic E-state index is 11.9. The lowest BCUT2D eigenvalue weighted by molar-refractivity contribution is -0.115. The van der Waals surface area contributed by atoms with Crippen LogP contribution in [-0.2, 0) is 4.79 Å². The third kappa shape index (κ3) is 2.12. The zero-order chi connectivity index (χ0) is 14.1. The zero-order valence-corrected chi connectivity index (χ0v) is 11.2. The molecule has 0 radical (unpaired) electrons.